The molecule has 5 amide bonds. The lowest BCUT2D eigenvalue weighted by molar-refractivity contribution is -0.274. The number of aromatic amines is 1. The summed E-state index contributed by atoms with van der Waals surface area (Å²) in [5, 5.41) is 5.41. The molecule has 1 saturated carbocycles. The molecule has 4 heterocycles. The van der Waals surface area contributed by atoms with Crippen molar-refractivity contribution in [1.82, 2.24) is 34.9 Å². The lowest BCUT2D eigenvalue weighted by atomic mass is 9.99. The first-order chi connectivity index (χ1) is 28.2. The smallest absolute Gasteiger partial charge is 0.453 e. The summed E-state index contributed by atoms with van der Waals surface area (Å²) >= 11 is 0. The van der Waals surface area contributed by atoms with E-state index in [1.54, 1.807) is 46.3 Å². The number of aromatic nitrogens is 2. The van der Waals surface area contributed by atoms with Gasteiger partial charge in [-0.3, -0.25) is 14.5 Å². The molecule has 1 aliphatic carbocycles. The molecule has 3 aromatic rings. The quantitative estimate of drug-likeness (QED) is 0.206. The number of hydrogen-bond donors (Lipinski definition) is 3. The van der Waals surface area contributed by atoms with Gasteiger partial charge in [-0.25, -0.2) is 14.6 Å². The largest absolute Gasteiger partial charge is 0.573 e. The van der Waals surface area contributed by atoms with Crippen molar-refractivity contribution in [3.8, 4) is 28.1 Å². The maximum Gasteiger partial charge on any atom is 0.573 e. The molecule has 4 fully saturated rings. The second kappa shape index (κ2) is 17.5. The highest BCUT2D eigenvalue weighted by Crippen LogP contribution is 2.38. The summed E-state index contributed by atoms with van der Waals surface area (Å²) in [6.45, 7) is 9.38. The molecule has 3 N–H and O–H groups in total. The Labute approximate surface area is 341 Å². The van der Waals surface area contributed by atoms with Gasteiger partial charge in [-0.15, -0.1) is 13.2 Å². The van der Waals surface area contributed by atoms with Gasteiger partial charge in [0.25, 0.3) is 0 Å². The fourth-order valence-electron chi connectivity index (χ4n) is 8.63. The van der Waals surface area contributed by atoms with Gasteiger partial charge in [0.05, 0.1) is 25.0 Å². The molecule has 4 aliphatic rings. The maximum atomic E-state index is 13.7. The van der Waals surface area contributed by atoms with Crippen molar-refractivity contribution in [3.63, 3.8) is 0 Å². The minimum atomic E-state index is -4.98. The molecule has 3 saturated heterocycles. The minimum Gasteiger partial charge on any atom is -0.453 e. The molecule has 0 unspecified atom stereocenters. The number of H-pyrrole nitrogens is 1. The Balaban J connectivity index is 0.988. The third-order valence-electron chi connectivity index (χ3n) is 11.9. The fraction of sp³-hybridized carbons (Fsp3) is 0.548. The number of piperazine rings is 1. The number of halogens is 3. The Kier molecular flexibility index (Phi) is 12.4. The number of methoxy groups -OCH3 is 1. The first-order valence-corrected chi connectivity index (χ1v) is 20.5. The van der Waals surface area contributed by atoms with Crippen molar-refractivity contribution < 1.29 is 41.8 Å². The number of hydrogen-bond acceptors (Lipinski definition) is 8. The number of ether oxygens (including phenoxy) is 2. The Morgan fingerprint density at radius 2 is 1.61 bits per heavy atom. The molecule has 14 nitrogen and oxygen atoms in total. The van der Waals surface area contributed by atoms with Gasteiger partial charge in [0.1, 0.15) is 17.6 Å². The standard InChI is InChI=1S/C42H53F3N8O6/c1-25(2)36(49-41(57)58-4)39(55)53-17-5-6-34(53)37-46-23-33(48-37)28-9-7-27(8-10-28)32-14-13-30(22-35(32)59-42(43,44)45)47-40(56)51-20-21-52(26(3)24-51)31-15-18-50(19-16-31)38(54)29-11-12-29/h7-10,13-14,22-23,25-26,29,31,34,36H,5-6,11-12,15-21,24H2,1-4H3,(H,46,48)(H,47,56)(H,49,57)/t26-,34-,36-/m0/s1. The highest BCUT2D eigenvalue weighted by Gasteiger charge is 2.39. The summed E-state index contributed by atoms with van der Waals surface area (Å²) in [6.07, 6.45) is 1.23. The van der Waals surface area contributed by atoms with Crippen molar-refractivity contribution in [2.75, 3.05) is 51.7 Å². The lowest BCUT2D eigenvalue weighted by Crippen LogP contribution is -2.59. The highest BCUT2D eigenvalue weighted by molar-refractivity contribution is 5.91. The summed E-state index contributed by atoms with van der Waals surface area (Å²) in [5.41, 5.74) is 2.20. The van der Waals surface area contributed by atoms with E-state index in [1.807, 2.05) is 18.7 Å². The van der Waals surface area contributed by atoms with Gasteiger partial charge < -0.3 is 39.8 Å². The number of rotatable bonds is 10. The maximum absolute atomic E-state index is 13.7. The summed E-state index contributed by atoms with van der Waals surface area (Å²) in [7, 11) is 1.25. The third kappa shape index (κ3) is 9.77. The number of imidazole rings is 1. The van der Waals surface area contributed by atoms with E-state index in [-0.39, 0.29) is 47.0 Å². The summed E-state index contributed by atoms with van der Waals surface area (Å²) in [5.74, 6) is 0.233. The molecule has 3 atom stereocenters. The van der Waals surface area contributed by atoms with Gasteiger partial charge in [-0.1, -0.05) is 38.1 Å². The van der Waals surface area contributed by atoms with Gasteiger partial charge in [-0.2, -0.15) is 0 Å². The zero-order valence-electron chi connectivity index (χ0n) is 33.9. The van der Waals surface area contributed by atoms with E-state index >= 15 is 0 Å². The van der Waals surface area contributed by atoms with E-state index in [1.165, 1.54) is 19.2 Å². The molecular formula is C42H53F3N8O6. The Morgan fingerprint density at radius 3 is 2.25 bits per heavy atom. The van der Waals surface area contributed by atoms with Gasteiger partial charge in [0.15, 0.2) is 0 Å². The van der Waals surface area contributed by atoms with Crippen molar-refractivity contribution in [3.05, 3.63) is 54.5 Å². The number of urea groups is 1. The third-order valence-corrected chi connectivity index (χ3v) is 11.9. The first-order valence-electron chi connectivity index (χ1n) is 20.5. The van der Waals surface area contributed by atoms with E-state index in [4.69, 9.17) is 4.74 Å². The van der Waals surface area contributed by atoms with Crippen molar-refractivity contribution in [2.45, 2.75) is 89.8 Å². The Morgan fingerprint density at radius 1 is 0.898 bits per heavy atom. The summed E-state index contributed by atoms with van der Waals surface area (Å²) < 4.78 is 50.3. The number of piperidine rings is 1. The highest BCUT2D eigenvalue weighted by atomic mass is 19.4. The number of carbonyl (C=O) groups is 4. The lowest BCUT2D eigenvalue weighted by Gasteiger charge is -2.46. The van der Waals surface area contributed by atoms with Gasteiger partial charge >= 0.3 is 18.5 Å². The number of benzene rings is 2. The number of amides is 5. The summed E-state index contributed by atoms with van der Waals surface area (Å²) in [4.78, 5) is 67.1. The van der Waals surface area contributed by atoms with E-state index in [0.29, 0.717) is 55.7 Å². The van der Waals surface area contributed by atoms with E-state index in [0.717, 1.165) is 50.8 Å². The van der Waals surface area contributed by atoms with Crippen LogP contribution in [0.2, 0.25) is 0 Å². The van der Waals surface area contributed by atoms with E-state index in [9.17, 15) is 32.3 Å². The number of alkyl carbamates (subject to hydrolysis) is 1. The fourth-order valence-corrected chi connectivity index (χ4v) is 8.63. The number of likely N-dealkylation sites (tertiary alicyclic amines) is 2. The van der Waals surface area contributed by atoms with Crippen LogP contribution >= 0.6 is 0 Å². The van der Waals surface area contributed by atoms with Gasteiger partial charge in [-0.05, 0) is 74.6 Å². The van der Waals surface area contributed by atoms with Crippen LogP contribution in [0.25, 0.3) is 22.4 Å². The number of carbonyl (C=O) groups excluding carboxylic acids is 4. The average Bonchev–Trinajstić information content (AvgIpc) is 3.73. The second-order valence-electron chi connectivity index (χ2n) is 16.4. The Bertz CT molecular complexity index is 2000. The zero-order valence-corrected chi connectivity index (χ0v) is 33.9. The van der Waals surface area contributed by atoms with E-state index < -0.39 is 30.3 Å². The van der Waals surface area contributed by atoms with Crippen LogP contribution in [-0.2, 0) is 14.3 Å². The molecule has 0 radical (unpaired) electrons. The molecule has 3 aliphatic heterocycles. The molecule has 59 heavy (non-hydrogen) atoms. The number of nitrogens with zero attached hydrogens (tertiary/aromatic N) is 5. The van der Waals surface area contributed by atoms with Gasteiger partial charge in [0, 0.05) is 74.6 Å². The van der Waals surface area contributed by atoms with Crippen LogP contribution in [-0.4, -0.2) is 124 Å². The topological polar surface area (TPSA) is 152 Å². The van der Waals surface area contributed by atoms with Crippen LogP contribution < -0.4 is 15.4 Å². The number of nitrogens with one attached hydrogen (secondary N) is 3. The van der Waals surface area contributed by atoms with Crippen LogP contribution in [0.3, 0.4) is 0 Å². The zero-order chi connectivity index (χ0) is 42.0. The normalized spacial score (nSPS) is 21.1. The molecule has 2 aromatic carbocycles. The molecule has 17 heteroatoms. The first kappa shape index (κ1) is 41.8. The van der Waals surface area contributed by atoms with Crippen LogP contribution in [0, 0.1) is 11.8 Å². The van der Waals surface area contributed by atoms with Gasteiger partial charge in [0.2, 0.25) is 11.8 Å². The predicted molar refractivity (Wildman–Crippen MR) is 213 cm³/mol. The van der Waals surface area contributed by atoms with Crippen molar-refractivity contribution >= 4 is 29.6 Å². The number of alkyl halides is 3. The summed E-state index contributed by atoms with van der Waals surface area (Å²) in [6, 6.07) is 10.0. The Hall–Kier alpha value is -5.32. The van der Waals surface area contributed by atoms with Crippen molar-refractivity contribution in [2.24, 2.45) is 11.8 Å². The van der Waals surface area contributed by atoms with Crippen molar-refractivity contribution in [1.29, 1.82) is 0 Å². The second-order valence-corrected chi connectivity index (χ2v) is 16.4. The molecule has 1 aromatic heterocycles. The molecule has 318 valence electrons. The van der Waals surface area contributed by atoms with Crippen LogP contribution in [0.1, 0.15) is 71.2 Å². The van der Waals surface area contributed by atoms with Crippen LogP contribution in [0.5, 0.6) is 5.75 Å². The van der Waals surface area contributed by atoms with E-state index in [2.05, 4.69) is 37.2 Å². The molecule has 7 rings (SSSR count). The van der Waals surface area contributed by atoms with Crippen LogP contribution in [0.4, 0.5) is 28.4 Å². The monoisotopic (exact) mass is 822 g/mol. The van der Waals surface area contributed by atoms with Crippen LogP contribution in [0.15, 0.2) is 48.7 Å². The minimum absolute atomic E-state index is 0.0777. The number of anilines is 1. The molecule has 0 spiro atoms. The average molecular weight is 823 g/mol. The molecule has 0 bridgehead atoms. The molecular weight excluding hydrogens is 770 g/mol. The predicted octanol–water partition coefficient (Wildman–Crippen LogP) is 6.63. The SMILES string of the molecule is COC(=O)N[C@H](C(=O)N1CCC[C@H]1c1ncc(-c2ccc(-c3ccc(NC(=O)N4CCN(C5CCN(C(=O)C6CC6)CC5)[C@@H](C)C4)cc3OC(F)(F)F)cc2)[nH]1)C(C)C.